The highest BCUT2D eigenvalue weighted by Gasteiger charge is 2.18. The minimum absolute atomic E-state index is 0.0779. The van der Waals surface area contributed by atoms with Crippen LogP contribution in [0.25, 0.3) is 0 Å². The van der Waals surface area contributed by atoms with Crippen LogP contribution in [-0.2, 0) is 11.3 Å². The van der Waals surface area contributed by atoms with Crippen molar-refractivity contribution in [3.63, 3.8) is 0 Å². The molecule has 0 bridgehead atoms. The number of halogens is 1. The van der Waals surface area contributed by atoms with Crippen molar-refractivity contribution in [2.75, 3.05) is 0 Å². The Morgan fingerprint density at radius 2 is 2.05 bits per heavy atom. The van der Waals surface area contributed by atoms with E-state index in [1.54, 1.807) is 0 Å². The van der Waals surface area contributed by atoms with Crippen molar-refractivity contribution in [2.45, 2.75) is 32.9 Å². The molecule has 1 aromatic rings. The lowest BCUT2D eigenvalue weighted by Crippen LogP contribution is -2.37. The summed E-state index contributed by atoms with van der Waals surface area (Å²) in [7, 11) is 0. The molecule has 6 heteroatoms. The van der Waals surface area contributed by atoms with Crippen molar-refractivity contribution in [2.24, 2.45) is 11.7 Å². The molecule has 0 aliphatic carbocycles. The van der Waals surface area contributed by atoms with Crippen molar-refractivity contribution in [3.05, 3.63) is 35.1 Å². The highest BCUT2D eigenvalue weighted by Crippen LogP contribution is 2.12. The minimum atomic E-state index is -0.965. The van der Waals surface area contributed by atoms with Crippen LogP contribution >= 0.6 is 0 Å². The van der Waals surface area contributed by atoms with E-state index in [9.17, 15) is 14.0 Å². The molecule has 1 amide bonds. The molecule has 0 aliphatic rings. The summed E-state index contributed by atoms with van der Waals surface area (Å²) in [4.78, 5) is 22.0. The number of rotatable bonds is 7. The number of nitrogens with one attached hydrogen (secondary N) is 1. The third kappa shape index (κ3) is 4.62. The number of benzene rings is 1. The lowest BCUT2D eigenvalue weighted by Gasteiger charge is -2.16. The van der Waals surface area contributed by atoms with E-state index in [4.69, 9.17) is 10.8 Å². The van der Waals surface area contributed by atoms with Crippen molar-refractivity contribution in [3.8, 4) is 0 Å². The number of nitrogens with two attached hydrogens (primary N) is 1. The first kappa shape index (κ1) is 16.1. The standard InChI is InChI=1S/C14H19FN2O3/c1-8(2)5-12(14(19)20)17-7-10-4-3-9(13(16)18)6-11(10)15/h3-4,6,8,12,17H,5,7H2,1-2H3,(H2,16,18)(H,19,20). The Morgan fingerprint density at radius 3 is 2.50 bits per heavy atom. The summed E-state index contributed by atoms with van der Waals surface area (Å²) in [6.45, 7) is 3.91. The Balaban J connectivity index is 2.73. The number of carbonyl (C=O) groups is 2. The summed E-state index contributed by atoms with van der Waals surface area (Å²) >= 11 is 0. The Bertz CT molecular complexity index is 503. The molecule has 110 valence electrons. The van der Waals surface area contributed by atoms with E-state index < -0.39 is 23.7 Å². The molecule has 20 heavy (non-hydrogen) atoms. The zero-order valence-electron chi connectivity index (χ0n) is 11.5. The molecular formula is C14H19FN2O3. The van der Waals surface area contributed by atoms with Gasteiger partial charge in [0.1, 0.15) is 11.9 Å². The molecule has 0 heterocycles. The van der Waals surface area contributed by atoms with Gasteiger partial charge in [0.15, 0.2) is 0 Å². The van der Waals surface area contributed by atoms with Gasteiger partial charge in [-0.2, -0.15) is 0 Å². The summed E-state index contributed by atoms with van der Waals surface area (Å²) in [5, 5.41) is 11.9. The smallest absolute Gasteiger partial charge is 0.320 e. The van der Waals surface area contributed by atoms with Gasteiger partial charge in [-0.3, -0.25) is 9.59 Å². The van der Waals surface area contributed by atoms with E-state index in [-0.39, 0.29) is 18.0 Å². The van der Waals surface area contributed by atoms with Gasteiger partial charge >= 0.3 is 5.97 Å². The molecule has 4 N–H and O–H groups in total. The first-order valence-electron chi connectivity index (χ1n) is 6.35. The molecule has 0 saturated heterocycles. The van der Waals surface area contributed by atoms with Crippen molar-refractivity contribution in [1.29, 1.82) is 0 Å². The lowest BCUT2D eigenvalue weighted by atomic mass is 10.0. The number of primary amides is 1. The van der Waals surface area contributed by atoms with E-state index >= 15 is 0 Å². The summed E-state index contributed by atoms with van der Waals surface area (Å²) in [6.07, 6.45) is 0.455. The predicted molar refractivity (Wildman–Crippen MR) is 72.6 cm³/mol. The summed E-state index contributed by atoms with van der Waals surface area (Å²) < 4.78 is 13.7. The maximum Gasteiger partial charge on any atom is 0.320 e. The Kier molecular flexibility index (Phi) is 5.64. The number of carboxylic acids is 1. The third-order valence-electron chi connectivity index (χ3n) is 2.88. The number of amides is 1. The fraction of sp³-hybridized carbons (Fsp3) is 0.429. The van der Waals surface area contributed by atoms with Gasteiger partial charge in [0.25, 0.3) is 0 Å². The maximum atomic E-state index is 13.7. The minimum Gasteiger partial charge on any atom is -0.480 e. The molecule has 5 nitrogen and oxygen atoms in total. The second-order valence-corrected chi connectivity index (χ2v) is 5.07. The largest absolute Gasteiger partial charge is 0.480 e. The monoisotopic (exact) mass is 282 g/mol. The van der Waals surface area contributed by atoms with Crippen molar-refractivity contribution in [1.82, 2.24) is 5.32 Å². The van der Waals surface area contributed by atoms with Crippen LogP contribution in [0.1, 0.15) is 36.2 Å². The van der Waals surface area contributed by atoms with Gasteiger partial charge < -0.3 is 16.2 Å². The van der Waals surface area contributed by atoms with Crippen LogP contribution in [0.5, 0.6) is 0 Å². The first-order valence-corrected chi connectivity index (χ1v) is 6.35. The van der Waals surface area contributed by atoms with E-state index in [0.717, 1.165) is 6.07 Å². The van der Waals surface area contributed by atoms with Gasteiger partial charge in [-0.05, 0) is 24.5 Å². The molecule has 1 rings (SSSR count). The van der Waals surface area contributed by atoms with Crippen LogP contribution < -0.4 is 11.1 Å². The average molecular weight is 282 g/mol. The molecule has 0 radical (unpaired) electrons. The molecule has 0 aromatic heterocycles. The topological polar surface area (TPSA) is 92.4 Å². The molecule has 0 aliphatic heterocycles. The second kappa shape index (κ2) is 7.00. The van der Waals surface area contributed by atoms with Crippen LogP contribution in [0.3, 0.4) is 0 Å². The van der Waals surface area contributed by atoms with Gasteiger partial charge in [-0.15, -0.1) is 0 Å². The number of carbonyl (C=O) groups excluding carboxylic acids is 1. The fourth-order valence-corrected chi connectivity index (χ4v) is 1.82. The van der Waals surface area contributed by atoms with E-state index in [1.165, 1.54) is 12.1 Å². The predicted octanol–water partition coefficient (Wildman–Crippen LogP) is 1.51. The fourth-order valence-electron chi connectivity index (χ4n) is 1.82. The zero-order valence-corrected chi connectivity index (χ0v) is 11.5. The molecule has 0 spiro atoms. The van der Waals surface area contributed by atoms with Gasteiger partial charge in [-0.25, -0.2) is 4.39 Å². The van der Waals surface area contributed by atoms with E-state index in [0.29, 0.717) is 12.0 Å². The normalized spacial score (nSPS) is 12.4. The maximum absolute atomic E-state index is 13.7. The van der Waals surface area contributed by atoms with Crippen LogP contribution in [0.4, 0.5) is 4.39 Å². The quantitative estimate of drug-likeness (QED) is 0.707. The summed E-state index contributed by atoms with van der Waals surface area (Å²) in [5.74, 6) is -2.03. The Morgan fingerprint density at radius 1 is 1.40 bits per heavy atom. The number of carboxylic acid groups (broad SMARTS) is 1. The first-order chi connectivity index (χ1) is 9.31. The summed E-state index contributed by atoms with van der Waals surface area (Å²) in [6, 6.07) is 3.17. The van der Waals surface area contributed by atoms with Crippen LogP contribution in [-0.4, -0.2) is 23.0 Å². The average Bonchev–Trinajstić information content (AvgIpc) is 2.34. The third-order valence-corrected chi connectivity index (χ3v) is 2.88. The van der Waals surface area contributed by atoms with E-state index in [2.05, 4.69) is 5.32 Å². The number of hydrogen-bond donors (Lipinski definition) is 3. The van der Waals surface area contributed by atoms with Crippen LogP contribution in [0.2, 0.25) is 0 Å². The van der Waals surface area contributed by atoms with Gasteiger partial charge in [0.05, 0.1) is 0 Å². The van der Waals surface area contributed by atoms with Crippen LogP contribution in [0.15, 0.2) is 18.2 Å². The molecule has 0 saturated carbocycles. The van der Waals surface area contributed by atoms with Gasteiger partial charge in [0.2, 0.25) is 5.91 Å². The number of aliphatic carboxylic acids is 1. The highest BCUT2D eigenvalue weighted by molar-refractivity contribution is 5.92. The van der Waals surface area contributed by atoms with E-state index in [1.807, 2.05) is 13.8 Å². The molecule has 1 aromatic carbocycles. The van der Waals surface area contributed by atoms with Gasteiger partial charge in [0, 0.05) is 17.7 Å². The van der Waals surface area contributed by atoms with Crippen molar-refractivity contribution >= 4 is 11.9 Å². The number of hydrogen-bond acceptors (Lipinski definition) is 3. The van der Waals surface area contributed by atoms with Gasteiger partial charge in [-0.1, -0.05) is 19.9 Å². The lowest BCUT2D eigenvalue weighted by molar-refractivity contribution is -0.140. The van der Waals surface area contributed by atoms with Crippen molar-refractivity contribution < 1.29 is 19.1 Å². The van der Waals surface area contributed by atoms with Crippen LogP contribution in [0, 0.1) is 11.7 Å². The second-order valence-electron chi connectivity index (χ2n) is 5.07. The zero-order chi connectivity index (χ0) is 15.3. The molecule has 0 fully saturated rings. The molecular weight excluding hydrogens is 263 g/mol. The SMILES string of the molecule is CC(C)CC(NCc1ccc(C(N)=O)cc1F)C(=O)O. The summed E-state index contributed by atoms with van der Waals surface area (Å²) in [5.41, 5.74) is 5.43. The molecule has 1 unspecified atom stereocenters. The Labute approximate surface area is 117 Å². The molecule has 1 atom stereocenters. The highest BCUT2D eigenvalue weighted by atomic mass is 19.1. The Hall–Kier alpha value is -1.95.